The Morgan fingerprint density at radius 1 is 1.21 bits per heavy atom. The van der Waals surface area contributed by atoms with Gasteiger partial charge >= 0.3 is 0 Å². The summed E-state index contributed by atoms with van der Waals surface area (Å²) in [5, 5.41) is 6.55. The zero-order chi connectivity index (χ0) is 13.7. The highest BCUT2D eigenvalue weighted by atomic mass is 79.9. The van der Waals surface area contributed by atoms with Gasteiger partial charge in [0.2, 0.25) is 0 Å². The van der Waals surface area contributed by atoms with Gasteiger partial charge in [0, 0.05) is 22.8 Å². The van der Waals surface area contributed by atoms with E-state index in [0.717, 1.165) is 40.3 Å². The molecule has 0 radical (unpaired) electrons. The van der Waals surface area contributed by atoms with Crippen molar-refractivity contribution in [3.8, 4) is 0 Å². The summed E-state index contributed by atoms with van der Waals surface area (Å²) in [5.41, 5.74) is 2.19. The van der Waals surface area contributed by atoms with Crippen LogP contribution in [0.15, 0.2) is 35.1 Å². The summed E-state index contributed by atoms with van der Waals surface area (Å²) in [6, 6.07) is 7.96. The van der Waals surface area contributed by atoms with Gasteiger partial charge in [-0.2, -0.15) is 0 Å². The van der Waals surface area contributed by atoms with Crippen molar-refractivity contribution in [3.05, 3.63) is 40.6 Å². The Bertz CT molecular complexity index is 557. The molecule has 0 aliphatic heterocycles. The van der Waals surface area contributed by atoms with Gasteiger partial charge in [-0.3, -0.25) is 0 Å². The highest BCUT2D eigenvalue weighted by molar-refractivity contribution is 9.10. The van der Waals surface area contributed by atoms with Crippen LogP contribution in [-0.2, 0) is 0 Å². The van der Waals surface area contributed by atoms with E-state index in [0.29, 0.717) is 0 Å². The van der Waals surface area contributed by atoms with Crippen molar-refractivity contribution in [3.63, 3.8) is 0 Å². The standard InChI is InChI=1S/C14H17BrN4/c1-3-7-16-13-8-14(18-9-17-13)19-12-6-4-5-11(15)10(12)2/h4-6,8-9H,3,7H2,1-2H3,(H2,16,17,18,19). The summed E-state index contributed by atoms with van der Waals surface area (Å²) in [6.07, 6.45) is 2.63. The van der Waals surface area contributed by atoms with Gasteiger partial charge in [0.25, 0.3) is 0 Å². The summed E-state index contributed by atoms with van der Waals surface area (Å²) in [4.78, 5) is 8.42. The van der Waals surface area contributed by atoms with E-state index in [2.05, 4.69) is 50.4 Å². The zero-order valence-corrected chi connectivity index (χ0v) is 12.7. The molecule has 0 fully saturated rings. The minimum atomic E-state index is 0.787. The minimum Gasteiger partial charge on any atom is -0.370 e. The normalized spacial score (nSPS) is 10.3. The fourth-order valence-electron chi connectivity index (χ4n) is 1.66. The van der Waals surface area contributed by atoms with Crippen molar-refractivity contribution < 1.29 is 0 Å². The smallest absolute Gasteiger partial charge is 0.135 e. The first kappa shape index (κ1) is 13.8. The third kappa shape index (κ3) is 3.67. The van der Waals surface area contributed by atoms with Gasteiger partial charge in [-0.1, -0.05) is 28.9 Å². The monoisotopic (exact) mass is 320 g/mol. The van der Waals surface area contributed by atoms with Crippen molar-refractivity contribution in [2.75, 3.05) is 17.2 Å². The maximum absolute atomic E-state index is 4.24. The molecule has 0 atom stereocenters. The lowest BCUT2D eigenvalue weighted by atomic mass is 10.2. The second kappa shape index (κ2) is 6.52. The second-order valence-electron chi connectivity index (χ2n) is 4.25. The van der Waals surface area contributed by atoms with Gasteiger partial charge in [0.1, 0.15) is 18.0 Å². The average Bonchev–Trinajstić information content (AvgIpc) is 2.42. The van der Waals surface area contributed by atoms with Gasteiger partial charge in [-0.05, 0) is 31.0 Å². The molecule has 100 valence electrons. The Morgan fingerprint density at radius 3 is 2.79 bits per heavy atom. The van der Waals surface area contributed by atoms with Crippen LogP contribution in [0.3, 0.4) is 0 Å². The molecule has 19 heavy (non-hydrogen) atoms. The molecule has 0 unspecified atom stereocenters. The van der Waals surface area contributed by atoms with Crippen LogP contribution in [0.2, 0.25) is 0 Å². The fraction of sp³-hybridized carbons (Fsp3) is 0.286. The van der Waals surface area contributed by atoms with Crippen molar-refractivity contribution in [2.45, 2.75) is 20.3 Å². The van der Waals surface area contributed by atoms with E-state index in [4.69, 9.17) is 0 Å². The molecule has 4 nitrogen and oxygen atoms in total. The lowest BCUT2D eigenvalue weighted by Crippen LogP contribution is -2.03. The van der Waals surface area contributed by atoms with Gasteiger partial charge < -0.3 is 10.6 Å². The molecular weight excluding hydrogens is 304 g/mol. The maximum Gasteiger partial charge on any atom is 0.135 e. The van der Waals surface area contributed by atoms with Crippen LogP contribution in [0.25, 0.3) is 0 Å². The zero-order valence-electron chi connectivity index (χ0n) is 11.1. The third-order valence-corrected chi connectivity index (χ3v) is 3.61. The van der Waals surface area contributed by atoms with Crippen LogP contribution in [0.5, 0.6) is 0 Å². The first-order valence-corrected chi connectivity index (χ1v) is 7.08. The SMILES string of the molecule is CCCNc1cc(Nc2cccc(Br)c2C)ncn1. The number of hydrogen-bond donors (Lipinski definition) is 2. The van der Waals surface area contributed by atoms with Crippen LogP contribution in [0.4, 0.5) is 17.3 Å². The van der Waals surface area contributed by atoms with Gasteiger partial charge in [0.15, 0.2) is 0 Å². The molecule has 1 aromatic heterocycles. The molecule has 0 aliphatic rings. The summed E-state index contributed by atoms with van der Waals surface area (Å²) in [5.74, 6) is 1.63. The summed E-state index contributed by atoms with van der Waals surface area (Å²) < 4.78 is 1.08. The number of nitrogens with zero attached hydrogens (tertiary/aromatic N) is 2. The molecule has 2 N–H and O–H groups in total. The van der Waals surface area contributed by atoms with E-state index in [9.17, 15) is 0 Å². The molecule has 5 heteroatoms. The Labute approximate surface area is 121 Å². The predicted octanol–water partition coefficient (Wildman–Crippen LogP) is 4.11. The van der Waals surface area contributed by atoms with Crippen molar-refractivity contribution in [1.82, 2.24) is 9.97 Å². The quantitative estimate of drug-likeness (QED) is 0.870. The number of halogens is 1. The number of benzene rings is 1. The molecule has 0 aliphatic carbocycles. The number of aromatic nitrogens is 2. The van der Waals surface area contributed by atoms with Crippen LogP contribution >= 0.6 is 15.9 Å². The van der Waals surface area contributed by atoms with Crippen molar-refractivity contribution >= 4 is 33.3 Å². The molecule has 0 amide bonds. The van der Waals surface area contributed by atoms with Gasteiger partial charge in [-0.15, -0.1) is 0 Å². The number of hydrogen-bond acceptors (Lipinski definition) is 4. The van der Waals surface area contributed by atoms with E-state index in [1.807, 2.05) is 24.3 Å². The molecule has 2 aromatic rings. The molecule has 0 bridgehead atoms. The number of nitrogens with one attached hydrogen (secondary N) is 2. The predicted molar refractivity (Wildman–Crippen MR) is 83.0 cm³/mol. The first-order chi connectivity index (χ1) is 9.20. The lowest BCUT2D eigenvalue weighted by Gasteiger charge is -2.11. The molecule has 0 saturated heterocycles. The topological polar surface area (TPSA) is 49.8 Å². The highest BCUT2D eigenvalue weighted by Gasteiger charge is 2.03. The molecule has 1 heterocycles. The highest BCUT2D eigenvalue weighted by Crippen LogP contribution is 2.26. The van der Waals surface area contributed by atoms with Crippen LogP contribution < -0.4 is 10.6 Å². The third-order valence-electron chi connectivity index (χ3n) is 2.75. The largest absolute Gasteiger partial charge is 0.370 e. The number of anilines is 3. The molecule has 1 aromatic carbocycles. The first-order valence-electron chi connectivity index (χ1n) is 6.28. The fourth-order valence-corrected chi connectivity index (χ4v) is 2.02. The van der Waals surface area contributed by atoms with Crippen molar-refractivity contribution in [1.29, 1.82) is 0 Å². The molecular formula is C14H17BrN4. The second-order valence-corrected chi connectivity index (χ2v) is 5.11. The summed E-state index contributed by atoms with van der Waals surface area (Å²) in [7, 11) is 0. The summed E-state index contributed by atoms with van der Waals surface area (Å²) in [6.45, 7) is 5.09. The molecule has 0 saturated carbocycles. The van der Waals surface area contributed by atoms with E-state index < -0.39 is 0 Å². The molecule has 0 spiro atoms. The average molecular weight is 321 g/mol. The van der Waals surface area contributed by atoms with E-state index in [1.54, 1.807) is 6.33 Å². The van der Waals surface area contributed by atoms with Gasteiger partial charge in [-0.25, -0.2) is 9.97 Å². The van der Waals surface area contributed by atoms with E-state index in [-0.39, 0.29) is 0 Å². The van der Waals surface area contributed by atoms with E-state index >= 15 is 0 Å². The van der Waals surface area contributed by atoms with Crippen molar-refractivity contribution in [2.24, 2.45) is 0 Å². The van der Waals surface area contributed by atoms with E-state index in [1.165, 1.54) is 0 Å². The minimum absolute atomic E-state index is 0.787. The Morgan fingerprint density at radius 2 is 2.00 bits per heavy atom. The van der Waals surface area contributed by atoms with Crippen LogP contribution in [0, 0.1) is 6.92 Å². The molecule has 2 rings (SSSR count). The Kier molecular flexibility index (Phi) is 4.74. The number of rotatable bonds is 5. The van der Waals surface area contributed by atoms with Crippen LogP contribution in [-0.4, -0.2) is 16.5 Å². The Hall–Kier alpha value is -1.62. The lowest BCUT2D eigenvalue weighted by molar-refractivity contribution is 0.965. The maximum atomic E-state index is 4.24. The Balaban J connectivity index is 2.16. The van der Waals surface area contributed by atoms with Gasteiger partial charge in [0.05, 0.1) is 0 Å². The summed E-state index contributed by atoms with van der Waals surface area (Å²) >= 11 is 3.52. The van der Waals surface area contributed by atoms with Crippen LogP contribution in [0.1, 0.15) is 18.9 Å².